The van der Waals surface area contributed by atoms with Crippen LogP contribution in [0, 0.1) is 11.6 Å². The Bertz CT molecular complexity index is 532. The van der Waals surface area contributed by atoms with Crippen molar-refractivity contribution in [2.24, 2.45) is 0 Å². The van der Waals surface area contributed by atoms with E-state index in [-0.39, 0.29) is 6.04 Å². The average molecular weight is 224 g/mol. The molecule has 0 radical (unpaired) electrons. The van der Waals surface area contributed by atoms with Crippen LogP contribution in [-0.4, -0.2) is 22.8 Å². The number of hydrogen-bond acceptors (Lipinski definition) is 2. The van der Waals surface area contributed by atoms with Gasteiger partial charge in [-0.25, -0.2) is 13.8 Å². The fourth-order valence-corrected chi connectivity index (χ4v) is 2.06. The van der Waals surface area contributed by atoms with Crippen molar-refractivity contribution in [1.29, 1.82) is 0 Å². The van der Waals surface area contributed by atoms with E-state index in [1.54, 1.807) is 6.33 Å². The summed E-state index contributed by atoms with van der Waals surface area (Å²) in [7, 11) is 0. The van der Waals surface area contributed by atoms with Crippen LogP contribution >= 0.6 is 0 Å². The van der Waals surface area contributed by atoms with Gasteiger partial charge in [0, 0.05) is 18.7 Å². The van der Waals surface area contributed by atoms with Crippen molar-refractivity contribution < 1.29 is 13.5 Å². The van der Waals surface area contributed by atoms with Crippen LogP contribution in [0.1, 0.15) is 12.5 Å². The van der Waals surface area contributed by atoms with Gasteiger partial charge in [-0.1, -0.05) is 0 Å². The molecule has 2 heterocycles. The first-order valence-corrected chi connectivity index (χ1v) is 5.15. The van der Waals surface area contributed by atoms with E-state index in [4.69, 9.17) is 4.74 Å². The summed E-state index contributed by atoms with van der Waals surface area (Å²) in [5, 5.41) is 0. The van der Waals surface area contributed by atoms with Gasteiger partial charge < -0.3 is 9.30 Å². The molecule has 1 aliphatic rings. The lowest BCUT2D eigenvalue weighted by Gasteiger charge is -2.10. The van der Waals surface area contributed by atoms with Gasteiger partial charge in [-0.3, -0.25) is 0 Å². The molecule has 1 unspecified atom stereocenters. The van der Waals surface area contributed by atoms with E-state index in [2.05, 4.69) is 4.98 Å². The summed E-state index contributed by atoms with van der Waals surface area (Å²) < 4.78 is 33.3. The van der Waals surface area contributed by atoms with Crippen LogP contribution < -0.4 is 0 Å². The largest absolute Gasteiger partial charge is 0.379 e. The van der Waals surface area contributed by atoms with Crippen molar-refractivity contribution >= 4 is 11.0 Å². The molecule has 3 rings (SSSR count). The Morgan fingerprint density at radius 1 is 1.31 bits per heavy atom. The number of fused-ring (bicyclic) bond motifs is 1. The number of nitrogens with zero attached hydrogens (tertiary/aromatic N) is 2. The normalized spacial score (nSPS) is 20.8. The van der Waals surface area contributed by atoms with Crippen molar-refractivity contribution in [3.05, 3.63) is 30.1 Å². The summed E-state index contributed by atoms with van der Waals surface area (Å²) in [6.07, 6.45) is 2.49. The summed E-state index contributed by atoms with van der Waals surface area (Å²) in [6.45, 7) is 1.30. The third kappa shape index (κ3) is 1.39. The minimum absolute atomic E-state index is 0.176. The molecule has 0 amide bonds. The molecule has 5 heteroatoms. The van der Waals surface area contributed by atoms with Gasteiger partial charge in [0.1, 0.15) is 0 Å². The van der Waals surface area contributed by atoms with E-state index in [0.29, 0.717) is 24.2 Å². The molecular formula is C11H10F2N2O. The summed E-state index contributed by atoms with van der Waals surface area (Å²) in [4.78, 5) is 4.07. The first kappa shape index (κ1) is 9.72. The summed E-state index contributed by atoms with van der Waals surface area (Å²) in [5.74, 6) is -1.70. The standard InChI is InChI=1S/C11H10F2N2O/c12-8-3-10-11(4-9(8)13)15(6-14-10)7-1-2-16-5-7/h3-4,6-7H,1-2,5H2. The van der Waals surface area contributed by atoms with Crippen molar-refractivity contribution in [1.82, 2.24) is 9.55 Å². The van der Waals surface area contributed by atoms with E-state index < -0.39 is 11.6 Å². The summed E-state index contributed by atoms with van der Waals surface area (Å²) in [6, 6.07) is 2.49. The zero-order chi connectivity index (χ0) is 11.1. The SMILES string of the molecule is Fc1cc2ncn(C3CCOC3)c2cc1F. The van der Waals surface area contributed by atoms with E-state index >= 15 is 0 Å². The molecule has 84 valence electrons. The molecule has 16 heavy (non-hydrogen) atoms. The molecule has 3 nitrogen and oxygen atoms in total. The first-order chi connectivity index (χ1) is 7.75. The molecule has 0 N–H and O–H groups in total. The Balaban J connectivity index is 2.15. The van der Waals surface area contributed by atoms with Crippen molar-refractivity contribution in [3.63, 3.8) is 0 Å². The number of imidazole rings is 1. The predicted octanol–water partition coefficient (Wildman–Crippen LogP) is 2.28. The van der Waals surface area contributed by atoms with Crippen molar-refractivity contribution in [2.75, 3.05) is 13.2 Å². The van der Waals surface area contributed by atoms with Crippen LogP contribution in [0.15, 0.2) is 18.5 Å². The second kappa shape index (κ2) is 3.52. The van der Waals surface area contributed by atoms with Crippen LogP contribution in [0.3, 0.4) is 0 Å². The second-order valence-corrected chi connectivity index (χ2v) is 3.92. The average Bonchev–Trinajstić information content (AvgIpc) is 2.87. The predicted molar refractivity (Wildman–Crippen MR) is 54.1 cm³/mol. The zero-order valence-electron chi connectivity index (χ0n) is 8.49. The van der Waals surface area contributed by atoms with Gasteiger partial charge in [0.15, 0.2) is 11.6 Å². The molecule has 1 aliphatic heterocycles. The monoisotopic (exact) mass is 224 g/mol. The fourth-order valence-electron chi connectivity index (χ4n) is 2.06. The van der Waals surface area contributed by atoms with Crippen molar-refractivity contribution in [3.8, 4) is 0 Å². The minimum Gasteiger partial charge on any atom is -0.379 e. The first-order valence-electron chi connectivity index (χ1n) is 5.15. The van der Waals surface area contributed by atoms with Gasteiger partial charge in [0.05, 0.1) is 30.0 Å². The number of ether oxygens (including phenoxy) is 1. The van der Waals surface area contributed by atoms with Gasteiger partial charge in [-0.05, 0) is 6.42 Å². The maximum Gasteiger partial charge on any atom is 0.161 e. The van der Waals surface area contributed by atoms with E-state index in [9.17, 15) is 8.78 Å². The van der Waals surface area contributed by atoms with Gasteiger partial charge in [0.25, 0.3) is 0 Å². The van der Waals surface area contributed by atoms with Crippen LogP contribution in [0.2, 0.25) is 0 Å². The number of hydrogen-bond donors (Lipinski definition) is 0. The fraction of sp³-hybridized carbons (Fsp3) is 0.364. The zero-order valence-corrected chi connectivity index (χ0v) is 8.49. The van der Waals surface area contributed by atoms with Gasteiger partial charge >= 0.3 is 0 Å². The van der Waals surface area contributed by atoms with Gasteiger partial charge in [0.2, 0.25) is 0 Å². The lowest BCUT2D eigenvalue weighted by molar-refractivity contribution is 0.187. The molecule has 0 spiro atoms. The third-order valence-electron chi connectivity index (χ3n) is 2.92. The smallest absolute Gasteiger partial charge is 0.161 e. The maximum absolute atomic E-state index is 13.1. The molecule has 1 aromatic carbocycles. The molecule has 1 saturated heterocycles. The summed E-state index contributed by atoms with van der Waals surface area (Å²) >= 11 is 0. The Morgan fingerprint density at radius 3 is 2.88 bits per heavy atom. The maximum atomic E-state index is 13.1. The molecule has 0 saturated carbocycles. The Kier molecular flexibility index (Phi) is 2.14. The Hall–Kier alpha value is -1.49. The van der Waals surface area contributed by atoms with Crippen LogP contribution in [0.4, 0.5) is 8.78 Å². The lowest BCUT2D eigenvalue weighted by Crippen LogP contribution is -2.07. The summed E-state index contributed by atoms with van der Waals surface area (Å²) in [5.41, 5.74) is 1.10. The van der Waals surface area contributed by atoms with E-state index in [1.807, 2.05) is 4.57 Å². The van der Waals surface area contributed by atoms with Gasteiger partial charge in [-0.15, -0.1) is 0 Å². The van der Waals surface area contributed by atoms with E-state index in [1.165, 1.54) is 6.07 Å². The highest BCUT2D eigenvalue weighted by molar-refractivity contribution is 5.75. The van der Waals surface area contributed by atoms with Crippen LogP contribution in [-0.2, 0) is 4.74 Å². The van der Waals surface area contributed by atoms with E-state index in [0.717, 1.165) is 12.5 Å². The molecular weight excluding hydrogens is 214 g/mol. The molecule has 0 bridgehead atoms. The van der Waals surface area contributed by atoms with Gasteiger partial charge in [-0.2, -0.15) is 0 Å². The molecule has 2 aromatic rings. The Labute approximate surface area is 90.7 Å². The quantitative estimate of drug-likeness (QED) is 0.743. The highest BCUT2D eigenvalue weighted by Crippen LogP contribution is 2.25. The topological polar surface area (TPSA) is 27.1 Å². The molecule has 1 atom stereocenters. The molecule has 1 aromatic heterocycles. The highest BCUT2D eigenvalue weighted by Gasteiger charge is 2.20. The number of aromatic nitrogens is 2. The highest BCUT2D eigenvalue weighted by atomic mass is 19.2. The number of rotatable bonds is 1. The lowest BCUT2D eigenvalue weighted by atomic mass is 10.2. The third-order valence-corrected chi connectivity index (χ3v) is 2.92. The van der Waals surface area contributed by atoms with Crippen LogP contribution in [0.5, 0.6) is 0 Å². The molecule has 1 fully saturated rings. The van der Waals surface area contributed by atoms with Crippen LogP contribution in [0.25, 0.3) is 11.0 Å². The number of halogens is 2. The minimum atomic E-state index is -0.861. The van der Waals surface area contributed by atoms with Crippen molar-refractivity contribution in [2.45, 2.75) is 12.5 Å². The second-order valence-electron chi connectivity index (χ2n) is 3.92. The molecule has 0 aliphatic carbocycles. The number of benzene rings is 1. The Morgan fingerprint density at radius 2 is 2.12 bits per heavy atom.